The van der Waals surface area contributed by atoms with Crippen LogP contribution in [0, 0.1) is 0 Å². The molecule has 0 aromatic carbocycles. The summed E-state index contributed by atoms with van der Waals surface area (Å²) in [6.45, 7) is 0. The topological polar surface area (TPSA) is 107 Å². The maximum absolute atomic E-state index is 13.4. The first-order valence-electron chi connectivity index (χ1n) is 10.6. The molecule has 0 aliphatic carbocycles. The largest absolute Gasteiger partial charge is 0.384 e. The van der Waals surface area contributed by atoms with E-state index in [0.717, 1.165) is 42.5 Å². The van der Waals surface area contributed by atoms with E-state index < -0.39 is 0 Å². The molecule has 9 nitrogen and oxygen atoms in total. The Labute approximate surface area is 178 Å². The summed E-state index contributed by atoms with van der Waals surface area (Å²) in [5.41, 5.74) is 9.02. The van der Waals surface area contributed by atoms with Crippen LogP contribution < -0.4 is 5.73 Å². The van der Waals surface area contributed by atoms with Crippen molar-refractivity contribution < 1.29 is 4.79 Å². The van der Waals surface area contributed by atoms with Gasteiger partial charge in [0.2, 0.25) is 0 Å². The van der Waals surface area contributed by atoms with E-state index >= 15 is 0 Å². The molecule has 2 atom stereocenters. The molecule has 2 aliphatic heterocycles. The summed E-state index contributed by atoms with van der Waals surface area (Å²) < 4.78 is 3.71. The van der Waals surface area contributed by atoms with Crippen LogP contribution in [-0.4, -0.2) is 52.5 Å². The highest BCUT2D eigenvalue weighted by Crippen LogP contribution is 2.41. The second kappa shape index (κ2) is 6.90. The minimum Gasteiger partial charge on any atom is -0.384 e. The number of carbonyl (C=O) groups is 1. The van der Waals surface area contributed by atoms with Crippen LogP contribution in [0.25, 0.3) is 16.8 Å². The van der Waals surface area contributed by atoms with Crippen LogP contribution in [0.2, 0.25) is 0 Å². The minimum atomic E-state index is 0.0821. The fraction of sp³-hybridized carbons (Fsp3) is 0.318. The van der Waals surface area contributed by atoms with Crippen molar-refractivity contribution in [3.63, 3.8) is 0 Å². The Balaban J connectivity index is 1.24. The van der Waals surface area contributed by atoms with Gasteiger partial charge in [0.05, 0.1) is 29.5 Å². The Morgan fingerprint density at radius 2 is 1.94 bits per heavy atom. The molecule has 156 valence electrons. The zero-order chi connectivity index (χ0) is 20.9. The first kappa shape index (κ1) is 18.1. The van der Waals surface area contributed by atoms with E-state index in [1.165, 1.54) is 0 Å². The molecule has 9 heteroatoms. The van der Waals surface area contributed by atoms with E-state index in [1.807, 2.05) is 41.3 Å². The molecule has 1 amide bonds. The first-order valence-corrected chi connectivity index (χ1v) is 10.6. The highest BCUT2D eigenvalue weighted by molar-refractivity contribution is 6.01. The van der Waals surface area contributed by atoms with Gasteiger partial charge in [-0.05, 0) is 49.9 Å². The number of rotatable bonds is 3. The zero-order valence-electron chi connectivity index (χ0n) is 16.9. The van der Waals surface area contributed by atoms with Gasteiger partial charge in [0, 0.05) is 30.0 Å². The Kier molecular flexibility index (Phi) is 4.02. The molecule has 2 N–H and O–H groups in total. The number of amides is 1. The molecule has 0 radical (unpaired) electrons. The maximum Gasteiger partial charge on any atom is 0.258 e. The van der Waals surface area contributed by atoms with Crippen molar-refractivity contribution in [2.45, 2.75) is 43.8 Å². The van der Waals surface area contributed by atoms with Gasteiger partial charge in [0.1, 0.15) is 11.5 Å². The number of piperidine rings is 1. The van der Waals surface area contributed by atoms with Gasteiger partial charge in [0.25, 0.3) is 5.91 Å². The Morgan fingerprint density at radius 1 is 1.10 bits per heavy atom. The molecule has 0 saturated carbocycles. The van der Waals surface area contributed by atoms with Crippen molar-refractivity contribution in [3.8, 4) is 11.3 Å². The molecule has 2 unspecified atom stereocenters. The number of carbonyl (C=O) groups excluding carboxylic acids is 1. The minimum absolute atomic E-state index is 0.0821. The molecule has 2 saturated heterocycles. The monoisotopic (exact) mass is 414 g/mol. The summed E-state index contributed by atoms with van der Waals surface area (Å²) in [6, 6.07) is 10.1. The molecule has 2 bridgehead atoms. The molecule has 6 rings (SSSR count). The summed E-state index contributed by atoms with van der Waals surface area (Å²) in [5, 5.41) is 13.1. The molecule has 31 heavy (non-hydrogen) atoms. The van der Waals surface area contributed by atoms with Crippen LogP contribution in [0.15, 0.2) is 55.1 Å². The molecule has 4 aromatic heterocycles. The standard InChI is InChI=1S/C22H22N8O/c23-21-9-14(6-7-24-21)19-13-29(27-26-19)17-10-15-4-5-16(11-17)30(15)22(31)18-12-25-28-8-2-1-3-20(18)28/h1-3,6-9,12-13,15-17H,4-5,10-11H2,(H2,23,24). The third kappa shape index (κ3) is 2.96. The third-order valence-electron chi connectivity index (χ3n) is 6.56. The quantitative estimate of drug-likeness (QED) is 0.552. The van der Waals surface area contributed by atoms with Crippen molar-refractivity contribution >= 4 is 17.2 Å². The SMILES string of the molecule is Nc1cc(-c2cn(C3CC4CCC(C3)N4C(=O)c3cnn4ccccc34)nn2)ccn1. The van der Waals surface area contributed by atoms with Crippen molar-refractivity contribution in [2.75, 3.05) is 5.73 Å². The summed E-state index contributed by atoms with van der Waals surface area (Å²) in [6.07, 6.45) is 11.0. The van der Waals surface area contributed by atoms with E-state index in [-0.39, 0.29) is 24.0 Å². The van der Waals surface area contributed by atoms with E-state index in [1.54, 1.807) is 23.0 Å². The number of nitrogens with two attached hydrogens (primary N) is 1. The Morgan fingerprint density at radius 3 is 2.74 bits per heavy atom. The van der Waals surface area contributed by atoms with Gasteiger partial charge in [0.15, 0.2) is 0 Å². The number of nitrogen functional groups attached to an aromatic ring is 1. The zero-order valence-corrected chi connectivity index (χ0v) is 16.9. The van der Waals surface area contributed by atoms with Crippen LogP contribution >= 0.6 is 0 Å². The summed E-state index contributed by atoms with van der Waals surface area (Å²) in [5.74, 6) is 0.545. The number of hydrogen-bond donors (Lipinski definition) is 1. The number of hydrogen-bond acceptors (Lipinski definition) is 6. The van der Waals surface area contributed by atoms with Crippen molar-refractivity contribution in [1.82, 2.24) is 34.5 Å². The van der Waals surface area contributed by atoms with Crippen LogP contribution in [0.3, 0.4) is 0 Å². The van der Waals surface area contributed by atoms with Gasteiger partial charge >= 0.3 is 0 Å². The lowest BCUT2D eigenvalue weighted by atomic mass is 9.96. The molecule has 6 heterocycles. The van der Waals surface area contributed by atoms with E-state index in [9.17, 15) is 4.79 Å². The lowest BCUT2D eigenvalue weighted by Gasteiger charge is -2.38. The fourth-order valence-electron chi connectivity index (χ4n) is 5.13. The number of nitrogens with zero attached hydrogens (tertiary/aromatic N) is 7. The van der Waals surface area contributed by atoms with E-state index in [4.69, 9.17) is 5.73 Å². The first-order chi connectivity index (χ1) is 15.2. The van der Waals surface area contributed by atoms with Gasteiger partial charge in [-0.25, -0.2) is 14.2 Å². The smallest absolute Gasteiger partial charge is 0.258 e. The number of pyridine rings is 2. The van der Waals surface area contributed by atoms with Crippen LogP contribution in [0.1, 0.15) is 42.1 Å². The van der Waals surface area contributed by atoms with Gasteiger partial charge in [-0.2, -0.15) is 5.10 Å². The number of anilines is 1. The second-order valence-electron chi connectivity index (χ2n) is 8.36. The van der Waals surface area contributed by atoms with E-state index in [0.29, 0.717) is 11.4 Å². The molecule has 4 aromatic rings. The predicted octanol–water partition coefficient (Wildman–Crippen LogP) is 2.58. The number of fused-ring (bicyclic) bond motifs is 3. The summed E-state index contributed by atoms with van der Waals surface area (Å²) in [7, 11) is 0. The molecular weight excluding hydrogens is 392 g/mol. The van der Waals surface area contributed by atoms with Gasteiger partial charge in [-0.3, -0.25) is 4.79 Å². The van der Waals surface area contributed by atoms with Crippen molar-refractivity contribution in [3.05, 3.63) is 60.7 Å². The summed E-state index contributed by atoms with van der Waals surface area (Å²) >= 11 is 0. The molecule has 2 aliphatic rings. The lowest BCUT2D eigenvalue weighted by molar-refractivity contribution is 0.0525. The van der Waals surface area contributed by atoms with Crippen LogP contribution in [-0.2, 0) is 0 Å². The average Bonchev–Trinajstić information content (AvgIpc) is 3.50. The van der Waals surface area contributed by atoms with Gasteiger partial charge in [-0.15, -0.1) is 5.10 Å². The average molecular weight is 414 g/mol. The predicted molar refractivity (Wildman–Crippen MR) is 114 cm³/mol. The Bertz CT molecular complexity index is 1260. The normalized spacial score (nSPS) is 22.8. The molecule has 0 spiro atoms. The van der Waals surface area contributed by atoms with Crippen LogP contribution in [0.5, 0.6) is 0 Å². The third-order valence-corrected chi connectivity index (χ3v) is 6.56. The van der Waals surface area contributed by atoms with Crippen molar-refractivity contribution in [2.24, 2.45) is 0 Å². The van der Waals surface area contributed by atoms with Crippen molar-refractivity contribution in [1.29, 1.82) is 0 Å². The molecule has 2 fully saturated rings. The maximum atomic E-state index is 13.4. The molecular formula is C22H22N8O. The highest BCUT2D eigenvalue weighted by atomic mass is 16.2. The fourth-order valence-corrected chi connectivity index (χ4v) is 5.13. The highest BCUT2D eigenvalue weighted by Gasteiger charge is 2.44. The summed E-state index contributed by atoms with van der Waals surface area (Å²) in [4.78, 5) is 19.5. The second-order valence-corrected chi connectivity index (χ2v) is 8.36. The lowest BCUT2D eigenvalue weighted by Crippen LogP contribution is -2.47. The van der Waals surface area contributed by atoms with Gasteiger partial charge < -0.3 is 10.6 Å². The van der Waals surface area contributed by atoms with Gasteiger partial charge in [-0.1, -0.05) is 11.3 Å². The Hall–Kier alpha value is -3.75. The van der Waals surface area contributed by atoms with Crippen LogP contribution in [0.4, 0.5) is 5.82 Å². The number of aromatic nitrogens is 6. The van der Waals surface area contributed by atoms with E-state index in [2.05, 4.69) is 25.3 Å².